The van der Waals surface area contributed by atoms with Crippen molar-refractivity contribution in [3.8, 4) is 21.1 Å². The lowest BCUT2D eigenvalue weighted by Crippen LogP contribution is -1.96. The second kappa shape index (κ2) is 4.75. The molecule has 0 atom stereocenters. The summed E-state index contributed by atoms with van der Waals surface area (Å²) in [5.41, 5.74) is 8.42. The monoisotopic (exact) mass is 302 g/mol. The lowest BCUT2D eigenvalue weighted by molar-refractivity contribution is 0.437. The number of nitrogens with two attached hydrogens (primary N) is 1. The number of fused-ring (bicyclic) bond motifs is 1. The van der Waals surface area contributed by atoms with Crippen molar-refractivity contribution in [3.05, 3.63) is 34.0 Å². The van der Waals surface area contributed by atoms with Crippen LogP contribution in [0.4, 0.5) is 5.82 Å². The highest BCUT2D eigenvalue weighted by atomic mass is 32.1. The number of nitrogen functional groups attached to an aromatic ring is 1. The summed E-state index contributed by atoms with van der Waals surface area (Å²) in [5.74, 6) is 1.30. The SMILES string of the molecule is Nc1noc(-c2cc3c(s2)CCCC3)c1-c1cccs1. The Hall–Kier alpha value is -1.59. The van der Waals surface area contributed by atoms with E-state index in [4.69, 9.17) is 10.3 Å². The molecule has 0 aliphatic heterocycles. The summed E-state index contributed by atoms with van der Waals surface area (Å²) < 4.78 is 5.53. The Bertz CT molecular complexity index is 717. The normalized spacial score (nSPS) is 14.4. The van der Waals surface area contributed by atoms with E-state index in [9.17, 15) is 0 Å². The molecule has 0 bridgehead atoms. The quantitative estimate of drug-likeness (QED) is 0.753. The molecular weight excluding hydrogens is 288 g/mol. The van der Waals surface area contributed by atoms with Crippen LogP contribution < -0.4 is 5.73 Å². The smallest absolute Gasteiger partial charge is 0.187 e. The Kier molecular flexibility index (Phi) is 2.89. The minimum Gasteiger partial charge on any atom is -0.380 e. The van der Waals surface area contributed by atoms with Crippen LogP contribution in [0.1, 0.15) is 23.3 Å². The minimum absolute atomic E-state index is 0.480. The van der Waals surface area contributed by atoms with E-state index in [1.54, 1.807) is 11.3 Å². The summed E-state index contributed by atoms with van der Waals surface area (Å²) in [6, 6.07) is 6.34. The molecule has 0 saturated heterocycles. The molecule has 3 aromatic rings. The second-order valence-electron chi connectivity index (χ2n) is 5.02. The first-order valence-electron chi connectivity index (χ1n) is 6.74. The van der Waals surface area contributed by atoms with E-state index in [2.05, 4.69) is 17.3 Å². The van der Waals surface area contributed by atoms with E-state index in [1.807, 2.05) is 22.8 Å². The molecule has 0 radical (unpaired) electrons. The number of rotatable bonds is 2. The Balaban J connectivity index is 1.85. The van der Waals surface area contributed by atoms with Crippen molar-refractivity contribution in [2.75, 3.05) is 5.73 Å². The summed E-state index contributed by atoms with van der Waals surface area (Å²) in [7, 11) is 0. The van der Waals surface area contributed by atoms with Gasteiger partial charge in [-0.15, -0.1) is 22.7 Å². The fourth-order valence-electron chi connectivity index (χ4n) is 2.73. The van der Waals surface area contributed by atoms with Crippen molar-refractivity contribution in [2.24, 2.45) is 0 Å². The van der Waals surface area contributed by atoms with Gasteiger partial charge < -0.3 is 10.3 Å². The number of nitrogens with zero attached hydrogens (tertiary/aromatic N) is 1. The molecule has 0 spiro atoms. The zero-order valence-electron chi connectivity index (χ0n) is 10.9. The summed E-state index contributed by atoms with van der Waals surface area (Å²) in [6.07, 6.45) is 4.96. The van der Waals surface area contributed by atoms with Crippen LogP contribution in [-0.4, -0.2) is 5.16 Å². The molecule has 4 rings (SSSR count). The third kappa shape index (κ3) is 1.89. The molecule has 0 unspecified atom stereocenters. The molecule has 3 heterocycles. The highest BCUT2D eigenvalue weighted by Crippen LogP contribution is 2.43. The van der Waals surface area contributed by atoms with Gasteiger partial charge in [-0.2, -0.15) is 0 Å². The van der Waals surface area contributed by atoms with Gasteiger partial charge in [-0.3, -0.25) is 0 Å². The molecule has 102 valence electrons. The predicted octanol–water partition coefficient (Wildman–Crippen LogP) is 4.59. The van der Waals surface area contributed by atoms with Gasteiger partial charge >= 0.3 is 0 Å². The van der Waals surface area contributed by atoms with Gasteiger partial charge in [0.2, 0.25) is 0 Å². The first-order chi connectivity index (χ1) is 9.83. The highest BCUT2D eigenvalue weighted by molar-refractivity contribution is 7.16. The molecule has 3 aromatic heterocycles. The molecule has 0 fully saturated rings. The predicted molar refractivity (Wildman–Crippen MR) is 84.2 cm³/mol. The maximum absolute atomic E-state index is 6.00. The van der Waals surface area contributed by atoms with E-state index in [-0.39, 0.29) is 0 Å². The topological polar surface area (TPSA) is 52.0 Å². The molecule has 2 N–H and O–H groups in total. The third-order valence-corrected chi connectivity index (χ3v) is 5.83. The van der Waals surface area contributed by atoms with Crippen molar-refractivity contribution < 1.29 is 4.52 Å². The Morgan fingerprint density at radius 2 is 2.10 bits per heavy atom. The van der Waals surface area contributed by atoms with Gasteiger partial charge in [-0.1, -0.05) is 11.2 Å². The Morgan fingerprint density at radius 3 is 2.90 bits per heavy atom. The van der Waals surface area contributed by atoms with Gasteiger partial charge in [-0.25, -0.2) is 0 Å². The van der Waals surface area contributed by atoms with E-state index < -0.39 is 0 Å². The van der Waals surface area contributed by atoms with Crippen LogP contribution in [0.15, 0.2) is 28.1 Å². The molecule has 1 aliphatic rings. The highest BCUT2D eigenvalue weighted by Gasteiger charge is 2.22. The fraction of sp³-hybridized carbons (Fsp3) is 0.267. The molecule has 0 amide bonds. The molecule has 5 heteroatoms. The van der Waals surface area contributed by atoms with Crippen LogP contribution in [0.3, 0.4) is 0 Å². The van der Waals surface area contributed by atoms with Crippen LogP contribution in [0, 0.1) is 0 Å². The van der Waals surface area contributed by atoms with Gasteiger partial charge in [0, 0.05) is 9.75 Å². The number of anilines is 1. The van der Waals surface area contributed by atoms with Gasteiger partial charge in [0.1, 0.15) is 0 Å². The van der Waals surface area contributed by atoms with Crippen LogP contribution in [0.25, 0.3) is 21.1 Å². The summed E-state index contributed by atoms with van der Waals surface area (Å²) in [5, 5.41) is 6.02. The van der Waals surface area contributed by atoms with Crippen LogP contribution >= 0.6 is 22.7 Å². The van der Waals surface area contributed by atoms with Crippen LogP contribution in [0.2, 0.25) is 0 Å². The van der Waals surface area contributed by atoms with Gasteiger partial charge in [0.25, 0.3) is 0 Å². The van der Waals surface area contributed by atoms with Gasteiger partial charge in [-0.05, 0) is 48.8 Å². The molecule has 3 nitrogen and oxygen atoms in total. The zero-order chi connectivity index (χ0) is 13.5. The fourth-order valence-corrected chi connectivity index (χ4v) is 4.75. The van der Waals surface area contributed by atoms with Crippen molar-refractivity contribution in [2.45, 2.75) is 25.7 Å². The lowest BCUT2D eigenvalue weighted by Gasteiger charge is -2.08. The molecule has 20 heavy (non-hydrogen) atoms. The zero-order valence-corrected chi connectivity index (χ0v) is 12.5. The number of thiophene rings is 2. The van der Waals surface area contributed by atoms with E-state index in [0.29, 0.717) is 5.82 Å². The summed E-state index contributed by atoms with van der Waals surface area (Å²) in [6.45, 7) is 0. The first kappa shape index (κ1) is 12.2. The summed E-state index contributed by atoms with van der Waals surface area (Å²) in [4.78, 5) is 3.77. The molecule has 0 saturated carbocycles. The molecular formula is C15H14N2OS2. The van der Waals surface area contributed by atoms with E-state index >= 15 is 0 Å². The van der Waals surface area contributed by atoms with Crippen molar-refractivity contribution in [1.29, 1.82) is 0 Å². The molecule has 0 aromatic carbocycles. The summed E-state index contributed by atoms with van der Waals surface area (Å²) >= 11 is 3.49. The lowest BCUT2D eigenvalue weighted by atomic mass is 9.99. The maximum Gasteiger partial charge on any atom is 0.187 e. The maximum atomic E-state index is 6.00. The average molecular weight is 302 g/mol. The first-order valence-corrected chi connectivity index (χ1v) is 8.43. The second-order valence-corrected chi connectivity index (χ2v) is 7.10. The number of hydrogen-bond acceptors (Lipinski definition) is 5. The molecule has 1 aliphatic carbocycles. The van der Waals surface area contributed by atoms with Crippen molar-refractivity contribution in [1.82, 2.24) is 5.16 Å². The van der Waals surface area contributed by atoms with Crippen LogP contribution in [0.5, 0.6) is 0 Å². The number of aromatic nitrogens is 1. The Labute approximate surface area is 125 Å². The largest absolute Gasteiger partial charge is 0.380 e. The van der Waals surface area contributed by atoms with E-state index in [1.165, 1.54) is 36.1 Å². The van der Waals surface area contributed by atoms with Crippen LogP contribution in [-0.2, 0) is 12.8 Å². The van der Waals surface area contributed by atoms with Gasteiger partial charge in [0.15, 0.2) is 11.6 Å². The Morgan fingerprint density at radius 1 is 1.20 bits per heavy atom. The van der Waals surface area contributed by atoms with Crippen molar-refractivity contribution >= 4 is 28.5 Å². The third-order valence-electron chi connectivity index (χ3n) is 3.71. The number of hydrogen-bond donors (Lipinski definition) is 1. The number of aryl methyl sites for hydroxylation is 2. The van der Waals surface area contributed by atoms with Gasteiger partial charge in [0.05, 0.1) is 10.4 Å². The van der Waals surface area contributed by atoms with Crippen molar-refractivity contribution in [3.63, 3.8) is 0 Å². The standard InChI is InChI=1S/C15H14N2OS2/c16-15-13(11-6-3-7-19-11)14(18-17-15)12-8-9-4-1-2-5-10(9)20-12/h3,6-8H,1-2,4-5H2,(H2,16,17). The van der Waals surface area contributed by atoms with E-state index in [0.717, 1.165) is 21.1 Å². The minimum atomic E-state index is 0.480. The average Bonchev–Trinajstić information content (AvgIpc) is 3.16.